The van der Waals surface area contributed by atoms with Gasteiger partial charge >= 0.3 is 0 Å². The van der Waals surface area contributed by atoms with Crippen LogP contribution in [0.15, 0.2) is 0 Å². The van der Waals surface area contributed by atoms with Gasteiger partial charge in [-0.3, -0.25) is 0 Å². The van der Waals surface area contributed by atoms with E-state index in [0.717, 1.165) is 11.8 Å². The van der Waals surface area contributed by atoms with E-state index in [1.807, 2.05) is 0 Å². The number of nitrogens with one attached hydrogen (secondary N) is 1. The van der Waals surface area contributed by atoms with Crippen molar-refractivity contribution in [2.45, 2.75) is 26.2 Å². The topological polar surface area (TPSA) is 12.0 Å². The summed E-state index contributed by atoms with van der Waals surface area (Å²) in [4.78, 5) is 0. The lowest BCUT2D eigenvalue weighted by Gasteiger charge is -2.28. The molecule has 0 spiro atoms. The normalized spacial score (nSPS) is 23.5. The third kappa shape index (κ3) is 2.90. The number of rotatable bonds is 3. The molecule has 0 aromatic carbocycles. The van der Waals surface area contributed by atoms with Crippen LogP contribution in [0.1, 0.15) is 26.2 Å². The highest BCUT2D eigenvalue weighted by Crippen LogP contribution is 2.25. The summed E-state index contributed by atoms with van der Waals surface area (Å²) in [7, 11) is 0. The molecule has 66 valence electrons. The lowest BCUT2D eigenvalue weighted by atomic mass is 9.85. The van der Waals surface area contributed by atoms with Crippen LogP contribution >= 0.6 is 22.6 Å². The van der Waals surface area contributed by atoms with Crippen LogP contribution in [0.3, 0.4) is 0 Å². The second kappa shape index (κ2) is 5.36. The van der Waals surface area contributed by atoms with Crippen LogP contribution in [0.25, 0.3) is 0 Å². The molecule has 1 aliphatic rings. The van der Waals surface area contributed by atoms with Gasteiger partial charge in [-0.2, -0.15) is 0 Å². The zero-order chi connectivity index (χ0) is 8.10. The van der Waals surface area contributed by atoms with E-state index in [0.29, 0.717) is 0 Å². The average molecular weight is 267 g/mol. The summed E-state index contributed by atoms with van der Waals surface area (Å²) in [5.41, 5.74) is 0. The number of halogens is 1. The molecule has 2 heteroatoms. The quantitative estimate of drug-likeness (QED) is 0.611. The minimum atomic E-state index is 0.984. The van der Waals surface area contributed by atoms with Crippen LogP contribution in [-0.4, -0.2) is 17.5 Å². The number of piperidine rings is 1. The molecule has 1 saturated heterocycles. The van der Waals surface area contributed by atoms with Gasteiger partial charge in [0.2, 0.25) is 0 Å². The largest absolute Gasteiger partial charge is 0.317 e. The molecule has 0 saturated carbocycles. The highest BCUT2D eigenvalue weighted by atomic mass is 127. The summed E-state index contributed by atoms with van der Waals surface area (Å²) < 4.78 is 1.35. The van der Waals surface area contributed by atoms with Crippen molar-refractivity contribution in [2.24, 2.45) is 11.8 Å². The molecule has 1 rings (SSSR count). The van der Waals surface area contributed by atoms with E-state index < -0.39 is 0 Å². The third-order valence-electron chi connectivity index (χ3n) is 2.77. The van der Waals surface area contributed by atoms with Gasteiger partial charge < -0.3 is 5.32 Å². The van der Waals surface area contributed by atoms with Crippen molar-refractivity contribution in [3.63, 3.8) is 0 Å². The number of alkyl halides is 1. The Morgan fingerprint density at radius 2 is 2.09 bits per heavy atom. The fraction of sp³-hybridized carbons (Fsp3) is 1.00. The van der Waals surface area contributed by atoms with Crippen LogP contribution < -0.4 is 5.32 Å². The fourth-order valence-corrected chi connectivity index (χ4v) is 3.23. The molecule has 0 aliphatic carbocycles. The van der Waals surface area contributed by atoms with Crippen LogP contribution in [0.4, 0.5) is 0 Å². The minimum Gasteiger partial charge on any atom is -0.317 e. The summed E-state index contributed by atoms with van der Waals surface area (Å²) >= 11 is 2.53. The van der Waals surface area contributed by atoms with Crippen molar-refractivity contribution in [3.05, 3.63) is 0 Å². The second-order valence-electron chi connectivity index (χ2n) is 3.41. The van der Waals surface area contributed by atoms with E-state index in [4.69, 9.17) is 0 Å². The van der Waals surface area contributed by atoms with Crippen molar-refractivity contribution in [1.29, 1.82) is 0 Å². The summed E-state index contributed by atoms with van der Waals surface area (Å²) in [6.45, 7) is 4.82. The predicted molar refractivity (Wildman–Crippen MR) is 58.3 cm³/mol. The molecule has 1 nitrogen and oxygen atoms in total. The summed E-state index contributed by atoms with van der Waals surface area (Å²) in [6.07, 6.45) is 4.18. The Kier molecular flexibility index (Phi) is 4.76. The summed E-state index contributed by atoms with van der Waals surface area (Å²) in [6, 6.07) is 0. The fourth-order valence-electron chi connectivity index (χ4n) is 1.88. The maximum absolute atomic E-state index is 3.42. The molecule has 1 fully saturated rings. The van der Waals surface area contributed by atoms with Gasteiger partial charge in [0.25, 0.3) is 0 Å². The second-order valence-corrected chi connectivity index (χ2v) is 4.29. The molecular weight excluding hydrogens is 249 g/mol. The van der Waals surface area contributed by atoms with Crippen LogP contribution in [0.2, 0.25) is 0 Å². The molecule has 11 heavy (non-hydrogen) atoms. The average Bonchev–Trinajstić information content (AvgIpc) is 2.09. The zero-order valence-corrected chi connectivity index (χ0v) is 9.43. The molecule has 1 unspecified atom stereocenters. The molecule has 0 radical (unpaired) electrons. The van der Waals surface area contributed by atoms with Gasteiger partial charge in [-0.1, -0.05) is 35.9 Å². The molecule has 0 amide bonds. The third-order valence-corrected chi connectivity index (χ3v) is 3.90. The van der Waals surface area contributed by atoms with E-state index in [1.165, 1.54) is 36.8 Å². The molecule has 0 aromatic heterocycles. The smallest absolute Gasteiger partial charge is 0.00262 e. The highest BCUT2D eigenvalue weighted by molar-refractivity contribution is 14.1. The highest BCUT2D eigenvalue weighted by Gasteiger charge is 2.20. The van der Waals surface area contributed by atoms with E-state index in [-0.39, 0.29) is 0 Å². The van der Waals surface area contributed by atoms with Crippen LogP contribution in [0.5, 0.6) is 0 Å². The van der Waals surface area contributed by atoms with E-state index in [2.05, 4.69) is 34.8 Å². The first kappa shape index (κ1) is 9.78. The van der Waals surface area contributed by atoms with Gasteiger partial charge in [-0.25, -0.2) is 0 Å². The van der Waals surface area contributed by atoms with Crippen molar-refractivity contribution >= 4 is 22.6 Å². The van der Waals surface area contributed by atoms with Gasteiger partial charge in [-0.05, 0) is 37.8 Å². The van der Waals surface area contributed by atoms with Crippen molar-refractivity contribution in [1.82, 2.24) is 5.32 Å². The van der Waals surface area contributed by atoms with Crippen molar-refractivity contribution in [3.8, 4) is 0 Å². The molecule has 1 N–H and O–H groups in total. The van der Waals surface area contributed by atoms with Crippen LogP contribution in [-0.2, 0) is 0 Å². The number of hydrogen-bond acceptors (Lipinski definition) is 1. The van der Waals surface area contributed by atoms with E-state index >= 15 is 0 Å². The Balaban J connectivity index is 2.30. The monoisotopic (exact) mass is 267 g/mol. The number of hydrogen-bond donors (Lipinski definition) is 1. The van der Waals surface area contributed by atoms with E-state index in [9.17, 15) is 0 Å². The van der Waals surface area contributed by atoms with Gasteiger partial charge in [0, 0.05) is 4.43 Å². The first-order valence-corrected chi connectivity index (χ1v) is 6.17. The SMILES string of the molecule is CCC(CI)C1CCNCC1. The summed E-state index contributed by atoms with van der Waals surface area (Å²) in [5, 5.41) is 3.42. The molecule has 1 aliphatic heterocycles. The summed E-state index contributed by atoms with van der Waals surface area (Å²) in [5.74, 6) is 2.00. The molecular formula is C9H18IN. The van der Waals surface area contributed by atoms with Crippen molar-refractivity contribution in [2.75, 3.05) is 17.5 Å². The first-order chi connectivity index (χ1) is 5.38. The Hall–Kier alpha value is 0.690. The Labute approximate surface area is 83.5 Å². The zero-order valence-electron chi connectivity index (χ0n) is 7.28. The molecule has 1 atom stereocenters. The van der Waals surface area contributed by atoms with Gasteiger partial charge in [0.05, 0.1) is 0 Å². The standard InChI is InChI=1S/C9H18IN/c1-2-8(7-10)9-3-5-11-6-4-9/h8-9,11H,2-7H2,1H3. The molecule has 0 bridgehead atoms. The minimum absolute atomic E-state index is 0.984. The Morgan fingerprint density at radius 3 is 2.55 bits per heavy atom. The lowest BCUT2D eigenvalue weighted by Crippen LogP contribution is -2.31. The maximum Gasteiger partial charge on any atom is 0.00262 e. The Morgan fingerprint density at radius 1 is 1.45 bits per heavy atom. The van der Waals surface area contributed by atoms with E-state index in [1.54, 1.807) is 0 Å². The Bertz CT molecular complexity index is 95.7. The van der Waals surface area contributed by atoms with Crippen LogP contribution in [0, 0.1) is 11.8 Å². The van der Waals surface area contributed by atoms with Gasteiger partial charge in [-0.15, -0.1) is 0 Å². The van der Waals surface area contributed by atoms with Gasteiger partial charge in [0.1, 0.15) is 0 Å². The molecule has 1 heterocycles. The predicted octanol–water partition coefficient (Wildman–Crippen LogP) is 2.45. The molecule has 0 aromatic rings. The first-order valence-electron chi connectivity index (χ1n) is 4.65. The van der Waals surface area contributed by atoms with Gasteiger partial charge in [0.15, 0.2) is 0 Å². The lowest BCUT2D eigenvalue weighted by molar-refractivity contribution is 0.276. The maximum atomic E-state index is 3.42. The van der Waals surface area contributed by atoms with Crippen molar-refractivity contribution < 1.29 is 0 Å².